The summed E-state index contributed by atoms with van der Waals surface area (Å²) in [7, 11) is 1.65. The van der Waals surface area contributed by atoms with E-state index in [4.69, 9.17) is 4.74 Å². The Kier molecular flexibility index (Phi) is 5.85. The van der Waals surface area contributed by atoms with Gasteiger partial charge in [-0.2, -0.15) is 5.10 Å². The predicted molar refractivity (Wildman–Crippen MR) is 96.4 cm³/mol. The summed E-state index contributed by atoms with van der Waals surface area (Å²) in [6.45, 7) is 8.42. The molecule has 1 aromatic carbocycles. The van der Waals surface area contributed by atoms with Gasteiger partial charge in [0.1, 0.15) is 12.4 Å². The van der Waals surface area contributed by atoms with Gasteiger partial charge in [-0.25, -0.2) is 0 Å². The molecule has 0 aliphatic rings. The second-order valence-corrected chi connectivity index (χ2v) is 7.32. The zero-order valence-corrected chi connectivity index (χ0v) is 15.5. The lowest BCUT2D eigenvalue weighted by Gasteiger charge is -2.20. The molecule has 0 bridgehead atoms. The quantitative estimate of drug-likeness (QED) is 0.843. The molecule has 1 atom stereocenters. The molecule has 0 aliphatic heterocycles. The maximum Gasteiger partial charge on any atom is 0.255 e. The van der Waals surface area contributed by atoms with Gasteiger partial charge in [0.25, 0.3) is 5.91 Å². The van der Waals surface area contributed by atoms with Gasteiger partial charge in [-0.3, -0.25) is 9.89 Å². The Morgan fingerprint density at radius 3 is 2.64 bits per heavy atom. The van der Waals surface area contributed by atoms with Crippen LogP contribution in [0.25, 0.3) is 0 Å². The van der Waals surface area contributed by atoms with Crippen molar-refractivity contribution in [2.24, 2.45) is 0 Å². The largest absolute Gasteiger partial charge is 0.490 e. The zero-order valence-electron chi connectivity index (χ0n) is 15.5. The third-order valence-corrected chi connectivity index (χ3v) is 3.96. The molecule has 0 unspecified atom stereocenters. The second kappa shape index (κ2) is 7.70. The van der Waals surface area contributed by atoms with E-state index in [-0.39, 0.29) is 17.9 Å². The number of aliphatic hydroxyl groups excluding tert-OH is 1. The molecule has 0 saturated carbocycles. The van der Waals surface area contributed by atoms with Crippen LogP contribution in [0.4, 0.5) is 0 Å². The van der Waals surface area contributed by atoms with Crippen LogP contribution in [0.2, 0.25) is 0 Å². The molecule has 0 spiro atoms. The summed E-state index contributed by atoms with van der Waals surface area (Å²) in [6.07, 6.45) is -1.21. The molecule has 0 fully saturated rings. The van der Waals surface area contributed by atoms with E-state index in [1.54, 1.807) is 7.05 Å². The first-order valence-corrected chi connectivity index (χ1v) is 8.34. The van der Waals surface area contributed by atoms with Crippen LogP contribution in [0, 0.1) is 6.92 Å². The number of carbonyl (C=O) groups is 1. The van der Waals surface area contributed by atoms with Crippen molar-refractivity contribution in [2.75, 3.05) is 13.7 Å². The molecule has 136 valence electrons. The van der Waals surface area contributed by atoms with Crippen LogP contribution in [0.15, 0.2) is 30.3 Å². The number of aromatic amines is 1. The number of nitrogens with zero attached hydrogens (tertiary/aromatic N) is 2. The topological polar surface area (TPSA) is 78.5 Å². The van der Waals surface area contributed by atoms with Crippen LogP contribution in [-0.2, 0) is 16.8 Å². The highest BCUT2D eigenvalue weighted by atomic mass is 16.5. The fourth-order valence-corrected chi connectivity index (χ4v) is 2.37. The molecule has 25 heavy (non-hydrogen) atoms. The summed E-state index contributed by atoms with van der Waals surface area (Å²) in [6, 6.07) is 9.44. The molecule has 0 radical (unpaired) electrons. The summed E-state index contributed by atoms with van der Waals surface area (Å²) < 4.78 is 5.55. The van der Waals surface area contributed by atoms with Gasteiger partial charge < -0.3 is 14.7 Å². The Labute approximate surface area is 148 Å². The first-order chi connectivity index (χ1) is 11.7. The molecule has 0 aliphatic carbocycles. The monoisotopic (exact) mass is 345 g/mol. The number of para-hydroxylation sites is 1. The van der Waals surface area contributed by atoms with Crippen molar-refractivity contribution in [1.82, 2.24) is 15.1 Å². The van der Waals surface area contributed by atoms with Crippen LogP contribution in [0.3, 0.4) is 0 Å². The fraction of sp³-hybridized carbons (Fsp3) is 0.474. The summed E-state index contributed by atoms with van der Waals surface area (Å²) in [5, 5.41) is 17.3. The van der Waals surface area contributed by atoms with E-state index in [9.17, 15) is 9.90 Å². The SMILES string of the molecule is Cc1ccccc1OC[C@@H](O)C(=O)N(C)Cc1cc(C(C)(C)C)n[nH]1. The lowest BCUT2D eigenvalue weighted by molar-refractivity contribution is -0.140. The van der Waals surface area contributed by atoms with Crippen molar-refractivity contribution in [2.45, 2.75) is 45.8 Å². The van der Waals surface area contributed by atoms with E-state index in [0.717, 1.165) is 17.0 Å². The average molecular weight is 345 g/mol. The number of aromatic nitrogens is 2. The lowest BCUT2D eigenvalue weighted by Crippen LogP contribution is -2.39. The number of amides is 1. The third-order valence-electron chi connectivity index (χ3n) is 3.96. The number of rotatable bonds is 6. The number of H-pyrrole nitrogens is 1. The molecule has 2 rings (SSSR count). The van der Waals surface area contributed by atoms with Crippen LogP contribution in [0.5, 0.6) is 5.75 Å². The Bertz CT molecular complexity index is 719. The van der Waals surface area contributed by atoms with Gasteiger partial charge in [-0.1, -0.05) is 39.0 Å². The highest BCUT2D eigenvalue weighted by Gasteiger charge is 2.22. The van der Waals surface area contributed by atoms with E-state index >= 15 is 0 Å². The van der Waals surface area contributed by atoms with Crippen molar-refractivity contribution in [3.05, 3.63) is 47.3 Å². The van der Waals surface area contributed by atoms with E-state index in [1.807, 2.05) is 37.3 Å². The number of nitrogens with one attached hydrogen (secondary N) is 1. The Hall–Kier alpha value is -2.34. The number of aryl methyl sites for hydroxylation is 1. The molecule has 2 aromatic rings. The molecule has 0 saturated heterocycles. The number of hydrogen-bond donors (Lipinski definition) is 2. The normalized spacial score (nSPS) is 12.7. The zero-order chi connectivity index (χ0) is 18.6. The minimum atomic E-state index is -1.21. The Morgan fingerprint density at radius 2 is 2.04 bits per heavy atom. The van der Waals surface area contributed by atoms with Crippen LogP contribution >= 0.6 is 0 Å². The van der Waals surface area contributed by atoms with Crippen molar-refractivity contribution in [3.63, 3.8) is 0 Å². The van der Waals surface area contributed by atoms with Gasteiger partial charge in [-0.15, -0.1) is 0 Å². The number of likely N-dealkylation sites (N-methyl/N-ethyl adjacent to an activating group) is 1. The molecule has 1 heterocycles. The molecular weight excluding hydrogens is 318 g/mol. The van der Waals surface area contributed by atoms with Gasteiger partial charge in [0.15, 0.2) is 6.10 Å². The van der Waals surface area contributed by atoms with Gasteiger partial charge in [0.2, 0.25) is 0 Å². The molecule has 1 aromatic heterocycles. The van der Waals surface area contributed by atoms with Crippen molar-refractivity contribution in [3.8, 4) is 5.75 Å². The highest BCUT2D eigenvalue weighted by Crippen LogP contribution is 2.21. The summed E-state index contributed by atoms with van der Waals surface area (Å²) >= 11 is 0. The van der Waals surface area contributed by atoms with Gasteiger partial charge in [0, 0.05) is 12.5 Å². The molecule has 2 N–H and O–H groups in total. The van der Waals surface area contributed by atoms with Crippen molar-refractivity contribution in [1.29, 1.82) is 0 Å². The second-order valence-electron chi connectivity index (χ2n) is 7.32. The van der Waals surface area contributed by atoms with Gasteiger partial charge in [0.05, 0.1) is 17.9 Å². The third kappa shape index (κ3) is 5.06. The van der Waals surface area contributed by atoms with Crippen LogP contribution in [0.1, 0.15) is 37.7 Å². The molecular formula is C19H27N3O3. The first-order valence-electron chi connectivity index (χ1n) is 8.34. The minimum Gasteiger partial charge on any atom is -0.490 e. The van der Waals surface area contributed by atoms with E-state index in [0.29, 0.717) is 12.3 Å². The number of carbonyl (C=O) groups excluding carboxylic acids is 1. The summed E-state index contributed by atoms with van der Waals surface area (Å²) in [4.78, 5) is 13.8. The maximum absolute atomic E-state index is 12.3. The van der Waals surface area contributed by atoms with Crippen LogP contribution in [-0.4, -0.2) is 45.9 Å². The lowest BCUT2D eigenvalue weighted by atomic mass is 9.92. The number of ether oxygens (including phenoxy) is 1. The van der Waals surface area contributed by atoms with Crippen molar-refractivity contribution < 1.29 is 14.6 Å². The molecule has 6 heteroatoms. The summed E-state index contributed by atoms with van der Waals surface area (Å²) in [5.41, 5.74) is 2.67. The standard InChI is InChI=1S/C19H27N3O3/c1-13-8-6-7-9-16(13)25-12-15(23)18(24)22(5)11-14-10-17(21-20-14)19(2,3)4/h6-10,15,23H,11-12H2,1-5H3,(H,20,21)/t15-/m1/s1. The number of hydrogen-bond acceptors (Lipinski definition) is 4. The van der Waals surface area contributed by atoms with Crippen LogP contribution < -0.4 is 4.74 Å². The number of benzene rings is 1. The minimum absolute atomic E-state index is 0.0573. The van der Waals surface area contributed by atoms with Gasteiger partial charge in [-0.05, 0) is 24.6 Å². The maximum atomic E-state index is 12.3. The Morgan fingerprint density at radius 1 is 1.36 bits per heavy atom. The molecule has 6 nitrogen and oxygen atoms in total. The fourth-order valence-electron chi connectivity index (χ4n) is 2.37. The average Bonchev–Trinajstić information content (AvgIpc) is 3.01. The Balaban J connectivity index is 1.90. The highest BCUT2D eigenvalue weighted by molar-refractivity contribution is 5.80. The predicted octanol–water partition coefficient (Wildman–Crippen LogP) is 2.41. The van der Waals surface area contributed by atoms with Crippen molar-refractivity contribution >= 4 is 5.91 Å². The smallest absolute Gasteiger partial charge is 0.255 e. The first kappa shape index (κ1) is 19.0. The number of aliphatic hydroxyl groups is 1. The van der Waals surface area contributed by atoms with E-state index in [1.165, 1.54) is 4.90 Å². The van der Waals surface area contributed by atoms with Gasteiger partial charge >= 0.3 is 0 Å². The molecule has 1 amide bonds. The van der Waals surface area contributed by atoms with E-state index < -0.39 is 6.10 Å². The summed E-state index contributed by atoms with van der Waals surface area (Å²) in [5.74, 6) is 0.279. The van der Waals surface area contributed by atoms with E-state index in [2.05, 4.69) is 31.0 Å².